The Labute approximate surface area is 143 Å². The van der Waals surface area contributed by atoms with Gasteiger partial charge in [-0.25, -0.2) is 8.42 Å². The van der Waals surface area contributed by atoms with Crippen LogP contribution >= 0.6 is 0 Å². The first-order chi connectivity index (χ1) is 11.4. The number of ether oxygens (including phenoxy) is 1. The topological polar surface area (TPSA) is 82.1 Å². The third kappa shape index (κ3) is 3.73. The molecule has 2 fully saturated rings. The molecule has 7 nitrogen and oxygen atoms in total. The number of benzene rings is 1. The van der Waals surface area contributed by atoms with Crippen LogP contribution in [0.1, 0.15) is 6.42 Å². The van der Waals surface area contributed by atoms with E-state index in [1.165, 1.54) is 4.31 Å². The number of hydrogen-bond acceptors (Lipinski definition) is 6. The van der Waals surface area contributed by atoms with Crippen LogP contribution in [-0.2, 0) is 10.0 Å². The van der Waals surface area contributed by atoms with Crippen LogP contribution in [0.4, 0.5) is 0 Å². The second-order valence-electron chi connectivity index (χ2n) is 6.51. The SMILES string of the molecule is COc1ccc(S(=O)(=O)N2CCN(C[C@]3(O)CCNC3)CC2)cc1. The molecule has 8 heteroatoms. The van der Waals surface area contributed by atoms with Gasteiger partial charge in [0.1, 0.15) is 5.75 Å². The van der Waals surface area contributed by atoms with Crippen molar-refractivity contribution in [2.45, 2.75) is 16.9 Å². The van der Waals surface area contributed by atoms with Gasteiger partial charge in [0, 0.05) is 39.3 Å². The van der Waals surface area contributed by atoms with Crippen LogP contribution in [0, 0.1) is 0 Å². The highest BCUT2D eigenvalue weighted by molar-refractivity contribution is 7.89. The van der Waals surface area contributed by atoms with Crippen molar-refractivity contribution in [2.24, 2.45) is 0 Å². The van der Waals surface area contributed by atoms with Crippen molar-refractivity contribution in [3.8, 4) is 5.75 Å². The van der Waals surface area contributed by atoms with E-state index in [9.17, 15) is 13.5 Å². The molecule has 2 aliphatic heterocycles. The molecule has 0 aliphatic carbocycles. The maximum atomic E-state index is 12.7. The maximum Gasteiger partial charge on any atom is 0.243 e. The van der Waals surface area contributed by atoms with Gasteiger partial charge in [-0.2, -0.15) is 4.31 Å². The van der Waals surface area contributed by atoms with Gasteiger partial charge in [0.05, 0.1) is 17.6 Å². The largest absolute Gasteiger partial charge is 0.497 e. The number of aliphatic hydroxyl groups is 1. The van der Waals surface area contributed by atoms with E-state index in [1.54, 1.807) is 31.4 Å². The number of nitrogens with one attached hydrogen (secondary N) is 1. The molecule has 0 aromatic heterocycles. The van der Waals surface area contributed by atoms with Crippen LogP contribution in [0.2, 0.25) is 0 Å². The predicted octanol–water partition coefficient (Wildman–Crippen LogP) is -0.274. The third-order valence-corrected chi connectivity index (χ3v) is 6.68. The molecule has 24 heavy (non-hydrogen) atoms. The van der Waals surface area contributed by atoms with Crippen molar-refractivity contribution in [2.75, 3.05) is 52.9 Å². The predicted molar refractivity (Wildman–Crippen MR) is 90.6 cm³/mol. The number of piperazine rings is 1. The van der Waals surface area contributed by atoms with Gasteiger partial charge in [-0.3, -0.25) is 4.90 Å². The molecule has 0 unspecified atom stereocenters. The van der Waals surface area contributed by atoms with Crippen LogP contribution in [0.3, 0.4) is 0 Å². The van der Waals surface area contributed by atoms with Gasteiger partial charge < -0.3 is 15.2 Å². The number of methoxy groups -OCH3 is 1. The zero-order chi connectivity index (χ0) is 17.2. The fourth-order valence-corrected chi connectivity index (χ4v) is 4.73. The lowest BCUT2D eigenvalue weighted by atomic mass is 10.0. The highest BCUT2D eigenvalue weighted by Crippen LogP contribution is 2.22. The van der Waals surface area contributed by atoms with E-state index in [4.69, 9.17) is 4.74 Å². The Morgan fingerprint density at radius 1 is 1.21 bits per heavy atom. The van der Waals surface area contributed by atoms with Crippen LogP contribution < -0.4 is 10.1 Å². The first kappa shape index (κ1) is 17.6. The molecule has 1 atom stereocenters. The zero-order valence-electron chi connectivity index (χ0n) is 13.9. The molecule has 0 radical (unpaired) electrons. The van der Waals surface area contributed by atoms with Crippen molar-refractivity contribution in [1.29, 1.82) is 0 Å². The van der Waals surface area contributed by atoms with E-state index < -0.39 is 15.6 Å². The summed E-state index contributed by atoms with van der Waals surface area (Å²) in [5.74, 6) is 0.636. The summed E-state index contributed by atoms with van der Waals surface area (Å²) in [4.78, 5) is 2.43. The monoisotopic (exact) mass is 355 g/mol. The lowest BCUT2D eigenvalue weighted by Gasteiger charge is -2.37. The summed E-state index contributed by atoms with van der Waals surface area (Å²) in [5.41, 5.74) is -0.684. The summed E-state index contributed by atoms with van der Waals surface area (Å²) in [6.45, 7) is 4.20. The second-order valence-corrected chi connectivity index (χ2v) is 8.44. The maximum absolute atomic E-state index is 12.7. The van der Waals surface area contributed by atoms with Crippen molar-refractivity contribution in [3.05, 3.63) is 24.3 Å². The van der Waals surface area contributed by atoms with Crippen LogP contribution in [0.25, 0.3) is 0 Å². The summed E-state index contributed by atoms with van der Waals surface area (Å²) in [7, 11) is -1.92. The molecular weight excluding hydrogens is 330 g/mol. The van der Waals surface area contributed by atoms with E-state index in [1.807, 2.05) is 0 Å². The highest BCUT2D eigenvalue weighted by atomic mass is 32.2. The van der Waals surface area contributed by atoms with Crippen LogP contribution in [-0.4, -0.2) is 81.3 Å². The molecule has 2 aliphatic rings. The Balaban J connectivity index is 1.60. The normalized spacial score (nSPS) is 26.6. The van der Waals surface area contributed by atoms with Crippen molar-refractivity contribution in [1.82, 2.24) is 14.5 Å². The standard InChI is InChI=1S/C16H25N3O4S/c1-23-14-2-4-15(5-3-14)24(21,22)19-10-8-18(9-11-19)13-16(20)6-7-17-12-16/h2-5,17,20H,6-13H2,1H3/t16-/m0/s1. The quantitative estimate of drug-likeness (QED) is 0.756. The Morgan fingerprint density at radius 3 is 2.42 bits per heavy atom. The molecule has 3 rings (SSSR count). The molecule has 0 spiro atoms. The van der Waals surface area contributed by atoms with Gasteiger partial charge in [0.2, 0.25) is 10.0 Å². The zero-order valence-corrected chi connectivity index (χ0v) is 14.8. The Morgan fingerprint density at radius 2 is 1.88 bits per heavy atom. The fraction of sp³-hybridized carbons (Fsp3) is 0.625. The molecule has 0 bridgehead atoms. The van der Waals surface area contributed by atoms with Gasteiger partial charge in [0.25, 0.3) is 0 Å². The summed E-state index contributed by atoms with van der Waals surface area (Å²) >= 11 is 0. The number of β-amino-alcohol motifs (C(OH)–C–C–N with tert-alkyl or cyclic N) is 1. The molecule has 134 valence electrons. The fourth-order valence-electron chi connectivity index (χ4n) is 3.31. The minimum atomic E-state index is -3.48. The summed E-state index contributed by atoms with van der Waals surface area (Å²) in [5, 5.41) is 13.6. The molecule has 0 amide bonds. The Kier molecular flexibility index (Phi) is 5.12. The Bertz CT molecular complexity index is 648. The lowest BCUT2D eigenvalue weighted by Crippen LogP contribution is -2.53. The smallest absolute Gasteiger partial charge is 0.243 e. The van der Waals surface area contributed by atoms with Crippen molar-refractivity contribution in [3.63, 3.8) is 0 Å². The van der Waals surface area contributed by atoms with E-state index in [2.05, 4.69) is 10.2 Å². The third-order valence-electron chi connectivity index (χ3n) is 4.77. The first-order valence-corrected chi connectivity index (χ1v) is 9.67. The van der Waals surface area contributed by atoms with Gasteiger partial charge in [-0.15, -0.1) is 0 Å². The summed E-state index contributed by atoms with van der Waals surface area (Å²) in [6, 6.07) is 6.47. The number of nitrogens with zero attached hydrogens (tertiary/aromatic N) is 2. The Hall–Kier alpha value is -1.19. The minimum Gasteiger partial charge on any atom is -0.497 e. The van der Waals surface area contributed by atoms with Crippen molar-refractivity contribution < 1.29 is 18.3 Å². The average Bonchev–Trinajstić information content (AvgIpc) is 3.01. The molecule has 2 saturated heterocycles. The van der Waals surface area contributed by atoms with E-state index in [-0.39, 0.29) is 4.90 Å². The van der Waals surface area contributed by atoms with Crippen LogP contribution in [0.15, 0.2) is 29.2 Å². The van der Waals surface area contributed by atoms with Gasteiger partial charge in [-0.05, 0) is 37.2 Å². The molecule has 2 heterocycles. The average molecular weight is 355 g/mol. The van der Waals surface area contributed by atoms with E-state index in [0.717, 1.165) is 13.0 Å². The first-order valence-electron chi connectivity index (χ1n) is 8.23. The van der Waals surface area contributed by atoms with Crippen molar-refractivity contribution >= 4 is 10.0 Å². The molecule has 2 N–H and O–H groups in total. The number of hydrogen-bond donors (Lipinski definition) is 2. The van der Waals surface area contributed by atoms with Crippen LogP contribution in [0.5, 0.6) is 5.75 Å². The van der Waals surface area contributed by atoms with E-state index in [0.29, 0.717) is 45.0 Å². The number of sulfonamides is 1. The van der Waals surface area contributed by atoms with Gasteiger partial charge >= 0.3 is 0 Å². The van der Waals surface area contributed by atoms with Gasteiger partial charge in [-0.1, -0.05) is 0 Å². The van der Waals surface area contributed by atoms with Gasteiger partial charge in [0.15, 0.2) is 0 Å². The molecule has 1 aromatic rings. The highest BCUT2D eigenvalue weighted by Gasteiger charge is 2.35. The second kappa shape index (κ2) is 6.97. The lowest BCUT2D eigenvalue weighted by molar-refractivity contribution is 0.0123. The summed E-state index contributed by atoms with van der Waals surface area (Å²) < 4.78 is 32.0. The number of rotatable bonds is 5. The summed E-state index contributed by atoms with van der Waals surface area (Å²) in [6.07, 6.45) is 0.747. The molecule has 1 aromatic carbocycles. The minimum absolute atomic E-state index is 0.287. The molecular formula is C16H25N3O4S. The van der Waals surface area contributed by atoms with E-state index >= 15 is 0 Å². The molecule has 0 saturated carbocycles.